The van der Waals surface area contributed by atoms with Crippen LogP contribution in [-0.2, 0) is 11.4 Å². The number of carbonyl (C=O) groups is 1. The summed E-state index contributed by atoms with van der Waals surface area (Å²) in [6.45, 7) is 2.00. The molecule has 0 aliphatic rings. The van der Waals surface area contributed by atoms with E-state index in [4.69, 9.17) is 19.7 Å². The van der Waals surface area contributed by atoms with Crippen molar-refractivity contribution in [2.24, 2.45) is 5.73 Å². The predicted octanol–water partition coefficient (Wildman–Crippen LogP) is 2.49. The highest BCUT2D eigenvalue weighted by molar-refractivity contribution is 5.75. The number of hydrogen-bond acceptors (Lipinski definition) is 6. The van der Waals surface area contributed by atoms with Crippen LogP contribution < -0.4 is 15.2 Å². The van der Waals surface area contributed by atoms with Gasteiger partial charge in [-0.2, -0.15) is 4.98 Å². The summed E-state index contributed by atoms with van der Waals surface area (Å²) in [7, 11) is 0. The lowest BCUT2D eigenvalue weighted by atomic mass is 10.2. The Morgan fingerprint density at radius 1 is 1.12 bits per heavy atom. The quantitative estimate of drug-likeness (QED) is 0.710. The van der Waals surface area contributed by atoms with Crippen LogP contribution in [0.3, 0.4) is 0 Å². The molecule has 2 aromatic carbocycles. The number of amides is 1. The molecule has 1 amide bonds. The van der Waals surface area contributed by atoms with Crippen molar-refractivity contribution < 1.29 is 18.8 Å². The van der Waals surface area contributed by atoms with E-state index in [0.29, 0.717) is 17.5 Å². The van der Waals surface area contributed by atoms with Crippen molar-refractivity contribution in [2.75, 3.05) is 6.61 Å². The fourth-order valence-electron chi connectivity index (χ4n) is 2.14. The lowest BCUT2D eigenvalue weighted by molar-refractivity contribution is -0.119. The van der Waals surface area contributed by atoms with Crippen LogP contribution in [0.4, 0.5) is 0 Å². The van der Waals surface area contributed by atoms with Crippen molar-refractivity contribution in [3.63, 3.8) is 0 Å². The Kier molecular flexibility index (Phi) is 4.94. The molecule has 128 valence electrons. The summed E-state index contributed by atoms with van der Waals surface area (Å²) in [4.78, 5) is 15.0. The third-order valence-electron chi connectivity index (χ3n) is 3.41. The minimum absolute atomic E-state index is 0.165. The highest BCUT2D eigenvalue weighted by Crippen LogP contribution is 2.21. The molecular weight excluding hydrogens is 322 g/mol. The van der Waals surface area contributed by atoms with Crippen molar-refractivity contribution >= 4 is 5.91 Å². The summed E-state index contributed by atoms with van der Waals surface area (Å²) >= 11 is 0. The number of aryl methyl sites for hydroxylation is 1. The van der Waals surface area contributed by atoms with Crippen LogP contribution in [0.15, 0.2) is 53.1 Å². The summed E-state index contributed by atoms with van der Waals surface area (Å²) < 4.78 is 16.1. The fourth-order valence-corrected chi connectivity index (χ4v) is 2.14. The van der Waals surface area contributed by atoms with Crippen LogP contribution in [0.1, 0.15) is 11.5 Å². The second-order valence-electron chi connectivity index (χ2n) is 5.35. The first kappa shape index (κ1) is 16.5. The number of rotatable bonds is 7. The Morgan fingerprint density at radius 2 is 1.88 bits per heavy atom. The average Bonchev–Trinajstić information content (AvgIpc) is 3.09. The van der Waals surface area contributed by atoms with Gasteiger partial charge in [-0.1, -0.05) is 23.4 Å². The zero-order valence-electron chi connectivity index (χ0n) is 13.6. The summed E-state index contributed by atoms with van der Waals surface area (Å²) in [5.41, 5.74) is 6.83. The number of aromatic nitrogens is 2. The molecule has 0 aliphatic heterocycles. The van der Waals surface area contributed by atoms with Gasteiger partial charge in [-0.15, -0.1) is 0 Å². The average molecular weight is 339 g/mol. The smallest absolute Gasteiger partial charge is 0.264 e. The maximum Gasteiger partial charge on any atom is 0.264 e. The van der Waals surface area contributed by atoms with E-state index in [1.807, 2.05) is 31.2 Å². The molecule has 0 radical (unpaired) electrons. The zero-order valence-corrected chi connectivity index (χ0v) is 13.6. The maximum atomic E-state index is 10.7. The minimum atomic E-state index is -0.527. The number of nitrogens with zero attached hydrogens (tertiary/aromatic N) is 2. The van der Waals surface area contributed by atoms with E-state index in [1.54, 1.807) is 24.3 Å². The van der Waals surface area contributed by atoms with Crippen LogP contribution in [0, 0.1) is 6.92 Å². The number of para-hydroxylation sites is 1. The van der Waals surface area contributed by atoms with Crippen molar-refractivity contribution in [2.45, 2.75) is 13.5 Å². The Bertz CT molecular complexity index is 859. The van der Waals surface area contributed by atoms with E-state index in [2.05, 4.69) is 10.1 Å². The minimum Gasteiger partial charge on any atom is -0.484 e. The van der Waals surface area contributed by atoms with Crippen LogP contribution in [-0.4, -0.2) is 22.7 Å². The third-order valence-corrected chi connectivity index (χ3v) is 3.41. The molecule has 0 bridgehead atoms. The monoisotopic (exact) mass is 339 g/mol. The second-order valence-corrected chi connectivity index (χ2v) is 5.35. The molecule has 0 saturated heterocycles. The summed E-state index contributed by atoms with van der Waals surface area (Å²) in [5, 5.41) is 3.94. The molecule has 0 unspecified atom stereocenters. The normalized spacial score (nSPS) is 10.4. The molecule has 3 aromatic rings. The molecule has 0 spiro atoms. The third kappa shape index (κ3) is 4.35. The van der Waals surface area contributed by atoms with E-state index in [9.17, 15) is 4.79 Å². The first-order valence-corrected chi connectivity index (χ1v) is 7.64. The molecule has 1 heterocycles. The van der Waals surface area contributed by atoms with Crippen molar-refractivity contribution in [3.8, 4) is 22.9 Å². The lowest BCUT2D eigenvalue weighted by Crippen LogP contribution is -2.19. The second kappa shape index (κ2) is 7.48. The van der Waals surface area contributed by atoms with E-state index >= 15 is 0 Å². The van der Waals surface area contributed by atoms with Gasteiger partial charge in [0, 0.05) is 5.56 Å². The summed E-state index contributed by atoms with van der Waals surface area (Å²) in [6, 6.07) is 14.7. The Morgan fingerprint density at radius 3 is 2.60 bits per heavy atom. The van der Waals surface area contributed by atoms with Gasteiger partial charge in [0.25, 0.3) is 11.8 Å². The number of primary amides is 1. The highest BCUT2D eigenvalue weighted by atomic mass is 16.5. The van der Waals surface area contributed by atoms with Gasteiger partial charge in [-0.25, -0.2) is 0 Å². The molecule has 0 saturated carbocycles. The highest BCUT2D eigenvalue weighted by Gasteiger charge is 2.10. The SMILES string of the molecule is Cc1ccccc1OCc1nc(-c2ccc(OCC(N)=O)cc2)no1. The van der Waals surface area contributed by atoms with E-state index < -0.39 is 5.91 Å². The summed E-state index contributed by atoms with van der Waals surface area (Å²) in [6.07, 6.45) is 0. The van der Waals surface area contributed by atoms with Gasteiger partial charge in [-0.3, -0.25) is 4.79 Å². The van der Waals surface area contributed by atoms with Gasteiger partial charge in [-0.05, 0) is 42.8 Å². The van der Waals surface area contributed by atoms with E-state index in [0.717, 1.165) is 16.9 Å². The van der Waals surface area contributed by atoms with Gasteiger partial charge >= 0.3 is 0 Å². The molecule has 7 heteroatoms. The molecule has 0 aliphatic carbocycles. The number of ether oxygens (including phenoxy) is 2. The predicted molar refractivity (Wildman–Crippen MR) is 89.9 cm³/mol. The molecule has 3 rings (SSSR count). The molecule has 0 fully saturated rings. The van der Waals surface area contributed by atoms with Crippen molar-refractivity contribution in [1.29, 1.82) is 0 Å². The first-order chi connectivity index (χ1) is 12.1. The fraction of sp³-hybridized carbons (Fsp3) is 0.167. The van der Waals surface area contributed by atoms with E-state index in [-0.39, 0.29) is 13.2 Å². The molecule has 1 aromatic heterocycles. The van der Waals surface area contributed by atoms with Gasteiger partial charge in [0.15, 0.2) is 13.2 Å². The van der Waals surface area contributed by atoms with Gasteiger partial charge < -0.3 is 19.7 Å². The lowest BCUT2D eigenvalue weighted by Gasteiger charge is -2.05. The molecule has 2 N–H and O–H groups in total. The van der Waals surface area contributed by atoms with Gasteiger partial charge in [0.05, 0.1) is 0 Å². The molecule has 25 heavy (non-hydrogen) atoms. The Labute approximate surface area is 144 Å². The van der Waals surface area contributed by atoms with E-state index in [1.165, 1.54) is 0 Å². The standard InChI is InChI=1S/C18H17N3O4/c1-12-4-2-3-5-15(12)24-11-17-20-18(21-25-17)13-6-8-14(9-7-13)23-10-16(19)22/h2-9H,10-11H2,1H3,(H2,19,22). The van der Waals surface area contributed by atoms with Crippen LogP contribution >= 0.6 is 0 Å². The van der Waals surface area contributed by atoms with Crippen LogP contribution in [0.2, 0.25) is 0 Å². The maximum absolute atomic E-state index is 10.7. The number of benzene rings is 2. The largest absolute Gasteiger partial charge is 0.484 e. The summed E-state index contributed by atoms with van der Waals surface area (Å²) in [5.74, 6) is 1.62. The van der Waals surface area contributed by atoms with Crippen LogP contribution in [0.5, 0.6) is 11.5 Å². The zero-order chi connectivity index (χ0) is 17.6. The van der Waals surface area contributed by atoms with Crippen molar-refractivity contribution in [1.82, 2.24) is 10.1 Å². The van der Waals surface area contributed by atoms with Crippen LogP contribution in [0.25, 0.3) is 11.4 Å². The molecule has 0 atom stereocenters. The van der Waals surface area contributed by atoms with Crippen molar-refractivity contribution in [3.05, 3.63) is 60.0 Å². The van der Waals surface area contributed by atoms with Gasteiger partial charge in [0.2, 0.25) is 5.82 Å². The molecular formula is C18H17N3O4. The number of nitrogens with two attached hydrogens (primary N) is 1. The Hall–Kier alpha value is -3.35. The van der Waals surface area contributed by atoms with Gasteiger partial charge in [0.1, 0.15) is 11.5 Å². The topological polar surface area (TPSA) is 100 Å². The Balaban J connectivity index is 1.63. The first-order valence-electron chi connectivity index (χ1n) is 7.64. The molecule has 7 nitrogen and oxygen atoms in total. The number of carbonyl (C=O) groups excluding carboxylic acids is 1. The number of hydrogen-bond donors (Lipinski definition) is 1.